The molecule has 2 aliphatic heterocycles. The van der Waals surface area contributed by atoms with E-state index in [0.717, 1.165) is 25.7 Å². The molecule has 8 nitrogen and oxygen atoms in total. The number of aromatic carboxylic acids is 1. The van der Waals surface area contributed by atoms with Crippen LogP contribution in [0.25, 0.3) is 0 Å². The van der Waals surface area contributed by atoms with Gasteiger partial charge in [0.1, 0.15) is 5.82 Å². The summed E-state index contributed by atoms with van der Waals surface area (Å²) in [6.45, 7) is 3.71. The van der Waals surface area contributed by atoms with Crippen LogP contribution in [-0.4, -0.2) is 70.3 Å². The highest BCUT2D eigenvalue weighted by Gasteiger charge is 2.36. The minimum absolute atomic E-state index is 0.0709. The van der Waals surface area contributed by atoms with Crippen molar-refractivity contribution in [3.8, 4) is 12.3 Å². The number of carboxylic acids is 1. The second kappa shape index (κ2) is 8.62. The molecule has 1 aromatic heterocycles. The number of aromatic nitrogens is 1. The number of carbonyl (C=O) groups excluding carboxylic acids is 1. The van der Waals surface area contributed by atoms with E-state index in [1.54, 1.807) is 11.0 Å². The topological polar surface area (TPSA) is 110 Å². The number of hydrogen-bond donors (Lipinski definition) is 3. The standard InChI is InChI=1S/C21H27N5O3/c1-3-16-4-5-17(13-22)26(16)19(27)14-24-21(2)7-10-25(11-8-21)18-12-15(20(28)29)6-9-23-18/h1,6,9,12-13,16-17,22,24H,4-5,7-8,10-11,14H2,2H3,(H,28,29)/t16-,17-/m0/s1. The summed E-state index contributed by atoms with van der Waals surface area (Å²) in [5.41, 5.74) is 0.0174. The van der Waals surface area contributed by atoms with E-state index in [-0.39, 0.29) is 35.6 Å². The van der Waals surface area contributed by atoms with E-state index in [1.165, 1.54) is 18.5 Å². The molecule has 3 N–H and O–H groups in total. The Balaban J connectivity index is 1.56. The first-order valence-corrected chi connectivity index (χ1v) is 9.84. The number of piperidine rings is 1. The molecule has 2 saturated heterocycles. The van der Waals surface area contributed by atoms with Crippen LogP contribution in [0.4, 0.5) is 5.82 Å². The maximum Gasteiger partial charge on any atom is 0.335 e. The van der Waals surface area contributed by atoms with E-state index in [1.807, 2.05) is 0 Å². The Morgan fingerprint density at radius 2 is 2.17 bits per heavy atom. The van der Waals surface area contributed by atoms with Gasteiger partial charge in [-0.1, -0.05) is 5.92 Å². The number of rotatable bonds is 6. The third-order valence-corrected chi connectivity index (χ3v) is 5.95. The van der Waals surface area contributed by atoms with Crippen molar-refractivity contribution in [1.82, 2.24) is 15.2 Å². The van der Waals surface area contributed by atoms with Crippen molar-refractivity contribution < 1.29 is 14.7 Å². The molecule has 8 heteroatoms. The van der Waals surface area contributed by atoms with Gasteiger partial charge in [-0.15, -0.1) is 6.42 Å². The third-order valence-electron chi connectivity index (χ3n) is 5.95. The maximum absolute atomic E-state index is 12.7. The lowest BCUT2D eigenvalue weighted by Gasteiger charge is -2.41. The molecule has 3 heterocycles. The van der Waals surface area contributed by atoms with Gasteiger partial charge >= 0.3 is 5.97 Å². The zero-order valence-corrected chi connectivity index (χ0v) is 16.6. The fraction of sp³-hybridized carbons (Fsp3) is 0.524. The monoisotopic (exact) mass is 397 g/mol. The van der Waals surface area contributed by atoms with Crippen molar-refractivity contribution in [2.24, 2.45) is 0 Å². The minimum atomic E-state index is -0.967. The Labute approximate surface area is 170 Å². The van der Waals surface area contributed by atoms with E-state index in [4.69, 9.17) is 16.9 Å². The Kier molecular flexibility index (Phi) is 6.18. The third kappa shape index (κ3) is 4.57. The normalized spacial score (nSPS) is 23.4. The molecule has 2 aliphatic rings. The second-order valence-electron chi connectivity index (χ2n) is 7.90. The number of nitrogens with one attached hydrogen (secondary N) is 2. The van der Waals surface area contributed by atoms with Gasteiger partial charge in [-0.2, -0.15) is 0 Å². The number of amides is 1. The molecule has 0 bridgehead atoms. The zero-order chi connectivity index (χ0) is 21.0. The van der Waals surface area contributed by atoms with Gasteiger partial charge in [0.25, 0.3) is 0 Å². The molecule has 0 aromatic carbocycles. The molecular weight excluding hydrogens is 370 g/mol. The highest BCUT2D eigenvalue weighted by Crippen LogP contribution is 2.26. The molecule has 0 unspecified atom stereocenters. The fourth-order valence-corrected chi connectivity index (χ4v) is 4.03. The molecule has 2 fully saturated rings. The number of anilines is 1. The van der Waals surface area contributed by atoms with Gasteiger partial charge < -0.3 is 25.6 Å². The predicted octanol–water partition coefficient (Wildman–Crippen LogP) is 1.37. The summed E-state index contributed by atoms with van der Waals surface area (Å²) in [4.78, 5) is 31.9. The Hall–Kier alpha value is -2.92. The van der Waals surface area contributed by atoms with Gasteiger partial charge in [0.05, 0.1) is 24.2 Å². The highest BCUT2D eigenvalue weighted by atomic mass is 16.4. The predicted molar refractivity (Wildman–Crippen MR) is 110 cm³/mol. The van der Waals surface area contributed by atoms with Crippen molar-refractivity contribution in [3.63, 3.8) is 0 Å². The average molecular weight is 397 g/mol. The van der Waals surface area contributed by atoms with Crippen molar-refractivity contribution in [2.75, 3.05) is 24.5 Å². The molecule has 0 radical (unpaired) electrons. The van der Waals surface area contributed by atoms with Crippen LogP contribution in [0.5, 0.6) is 0 Å². The zero-order valence-electron chi connectivity index (χ0n) is 16.6. The Bertz CT molecular complexity index is 826. The van der Waals surface area contributed by atoms with Crippen LogP contribution in [0.15, 0.2) is 18.3 Å². The quantitative estimate of drug-likeness (QED) is 0.494. The van der Waals surface area contributed by atoms with Gasteiger partial charge in [0, 0.05) is 31.0 Å². The number of carbonyl (C=O) groups is 2. The van der Waals surface area contributed by atoms with Crippen molar-refractivity contribution in [3.05, 3.63) is 23.9 Å². The highest BCUT2D eigenvalue weighted by molar-refractivity contribution is 5.88. The Morgan fingerprint density at radius 3 is 2.79 bits per heavy atom. The van der Waals surface area contributed by atoms with E-state index >= 15 is 0 Å². The summed E-state index contributed by atoms with van der Waals surface area (Å²) < 4.78 is 0. The SMILES string of the molecule is C#C[C@H]1CC[C@@H](C=N)N1C(=O)CNC1(C)CCN(c2cc(C(=O)O)ccn2)CC1. The molecule has 29 heavy (non-hydrogen) atoms. The van der Waals surface area contributed by atoms with Gasteiger partial charge in [-0.05, 0) is 44.7 Å². The lowest BCUT2D eigenvalue weighted by molar-refractivity contribution is -0.131. The van der Waals surface area contributed by atoms with Crippen molar-refractivity contribution >= 4 is 23.9 Å². The molecule has 0 spiro atoms. The molecule has 0 saturated carbocycles. The van der Waals surface area contributed by atoms with Crippen LogP contribution in [0.2, 0.25) is 0 Å². The van der Waals surface area contributed by atoms with Crippen LogP contribution < -0.4 is 10.2 Å². The van der Waals surface area contributed by atoms with E-state index < -0.39 is 5.97 Å². The lowest BCUT2D eigenvalue weighted by Crippen LogP contribution is -2.55. The van der Waals surface area contributed by atoms with Crippen LogP contribution >= 0.6 is 0 Å². The molecule has 2 atom stereocenters. The molecule has 0 aliphatic carbocycles. The summed E-state index contributed by atoms with van der Waals surface area (Å²) in [5, 5.41) is 20.1. The maximum atomic E-state index is 12.7. The number of likely N-dealkylation sites (tertiary alicyclic amines) is 1. The first kappa shape index (κ1) is 20.8. The molecular formula is C21H27N5O3. The van der Waals surface area contributed by atoms with Gasteiger partial charge in [-0.25, -0.2) is 9.78 Å². The molecule has 1 aromatic rings. The van der Waals surface area contributed by atoms with Crippen LogP contribution in [0.3, 0.4) is 0 Å². The van der Waals surface area contributed by atoms with E-state index in [9.17, 15) is 9.59 Å². The summed E-state index contributed by atoms with van der Waals surface area (Å²) in [5.74, 6) is 2.28. The first-order valence-electron chi connectivity index (χ1n) is 9.84. The fourth-order valence-electron chi connectivity index (χ4n) is 4.03. The van der Waals surface area contributed by atoms with Crippen molar-refractivity contribution in [2.45, 2.75) is 50.2 Å². The Morgan fingerprint density at radius 1 is 1.45 bits per heavy atom. The van der Waals surface area contributed by atoms with Crippen molar-refractivity contribution in [1.29, 1.82) is 5.41 Å². The van der Waals surface area contributed by atoms with Gasteiger partial charge in [-0.3, -0.25) is 4.79 Å². The number of nitrogens with zero attached hydrogens (tertiary/aromatic N) is 3. The van der Waals surface area contributed by atoms with Crippen LogP contribution in [0.1, 0.15) is 43.0 Å². The van der Waals surface area contributed by atoms with Gasteiger partial charge in [0.15, 0.2) is 0 Å². The lowest BCUT2D eigenvalue weighted by atomic mass is 9.89. The second-order valence-corrected chi connectivity index (χ2v) is 7.90. The summed E-state index contributed by atoms with van der Waals surface area (Å²) in [7, 11) is 0. The van der Waals surface area contributed by atoms with E-state index in [2.05, 4.69) is 28.0 Å². The number of pyridine rings is 1. The van der Waals surface area contributed by atoms with E-state index in [0.29, 0.717) is 18.9 Å². The number of terminal acetylenes is 1. The van der Waals surface area contributed by atoms with Crippen LogP contribution in [0, 0.1) is 17.8 Å². The minimum Gasteiger partial charge on any atom is -0.478 e. The largest absolute Gasteiger partial charge is 0.478 e. The molecule has 1 amide bonds. The first-order chi connectivity index (χ1) is 13.9. The number of hydrogen-bond acceptors (Lipinski definition) is 6. The summed E-state index contributed by atoms with van der Waals surface area (Å²) in [6, 6.07) is 2.62. The van der Waals surface area contributed by atoms with Gasteiger partial charge in [0.2, 0.25) is 5.91 Å². The summed E-state index contributed by atoms with van der Waals surface area (Å²) >= 11 is 0. The molecule has 3 rings (SSSR count). The smallest absolute Gasteiger partial charge is 0.335 e. The average Bonchev–Trinajstić information content (AvgIpc) is 3.16. The number of carboxylic acid groups (broad SMARTS) is 1. The summed E-state index contributed by atoms with van der Waals surface area (Å²) in [6.07, 6.45) is 11.4. The van der Waals surface area contributed by atoms with Crippen LogP contribution in [-0.2, 0) is 4.79 Å². The molecule has 154 valence electrons.